The maximum atomic E-state index is 8.91. The molecular formula is C13H15N3O. The standard InChI is InChI=1S/C13H15N3O/c1-10-5-3-4-6-12(10)16(2)13-8-7-11(9-17)14-15-13/h3-8,17H,9H2,1-2H3. The van der Waals surface area contributed by atoms with E-state index in [-0.39, 0.29) is 6.61 Å². The van der Waals surface area contributed by atoms with E-state index in [4.69, 9.17) is 5.11 Å². The van der Waals surface area contributed by atoms with Crippen LogP contribution in [0, 0.1) is 6.92 Å². The third-order valence-corrected chi connectivity index (χ3v) is 2.69. The van der Waals surface area contributed by atoms with Crippen LogP contribution in [0.1, 0.15) is 11.3 Å². The van der Waals surface area contributed by atoms with Crippen molar-refractivity contribution in [1.82, 2.24) is 10.2 Å². The highest BCUT2D eigenvalue weighted by molar-refractivity contribution is 5.62. The Hall–Kier alpha value is -1.94. The molecule has 1 aromatic carbocycles. The molecule has 0 bridgehead atoms. The lowest BCUT2D eigenvalue weighted by molar-refractivity contribution is 0.275. The van der Waals surface area contributed by atoms with Crippen molar-refractivity contribution in [3.63, 3.8) is 0 Å². The van der Waals surface area contributed by atoms with Crippen molar-refractivity contribution in [3.05, 3.63) is 47.7 Å². The topological polar surface area (TPSA) is 49.2 Å². The zero-order chi connectivity index (χ0) is 12.3. The number of aliphatic hydroxyl groups is 1. The Balaban J connectivity index is 2.30. The highest BCUT2D eigenvalue weighted by atomic mass is 16.3. The normalized spacial score (nSPS) is 10.3. The second kappa shape index (κ2) is 4.93. The Morgan fingerprint density at radius 2 is 1.88 bits per heavy atom. The first-order valence-electron chi connectivity index (χ1n) is 5.45. The predicted octanol–water partition coefficient (Wildman–Crippen LogP) is 2.05. The Morgan fingerprint density at radius 3 is 2.47 bits per heavy atom. The number of aryl methyl sites for hydroxylation is 1. The average molecular weight is 229 g/mol. The van der Waals surface area contributed by atoms with E-state index >= 15 is 0 Å². The van der Waals surface area contributed by atoms with Gasteiger partial charge in [-0.05, 0) is 30.7 Å². The summed E-state index contributed by atoms with van der Waals surface area (Å²) in [6.07, 6.45) is 0. The minimum Gasteiger partial charge on any atom is -0.390 e. The molecule has 0 aliphatic heterocycles. The van der Waals surface area contributed by atoms with E-state index in [1.165, 1.54) is 5.56 Å². The number of hydrogen-bond donors (Lipinski definition) is 1. The Bertz CT molecular complexity index is 496. The molecule has 4 heteroatoms. The molecule has 0 unspecified atom stereocenters. The lowest BCUT2D eigenvalue weighted by atomic mass is 10.2. The minimum atomic E-state index is -0.0820. The highest BCUT2D eigenvalue weighted by Gasteiger charge is 2.07. The summed E-state index contributed by atoms with van der Waals surface area (Å²) in [5.41, 5.74) is 2.86. The van der Waals surface area contributed by atoms with Crippen molar-refractivity contribution in [2.24, 2.45) is 0 Å². The summed E-state index contributed by atoms with van der Waals surface area (Å²) in [5, 5.41) is 16.9. The van der Waals surface area contributed by atoms with Gasteiger partial charge < -0.3 is 10.0 Å². The number of anilines is 2. The van der Waals surface area contributed by atoms with Crippen LogP contribution in [-0.4, -0.2) is 22.4 Å². The third-order valence-electron chi connectivity index (χ3n) is 2.69. The molecule has 0 aliphatic carbocycles. The molecule has 1 heterocycles. The molecule has 0 amide bonds. The quantitative estimate of drug-likeness (QED) is 0.875. The molecule has 2 aromatic rings. The first-order chi connectivity index (χ1) is 8.22. The van der Waals surface area contributed by atoms with Crippen molar-refractivity contribution in [2.45, 2.75) is 13.5 Å². The number of aromatic nitrogens is 2. The number of para-hydroxylation sites is 1. The molecule has 1 aromatic heterocycles. The maximum Gasteiger partial charge on any atom is 0.155 e. The molecule has 2 rings (SSSR count). The molecule has 0 aliphatic rings. The Labute approximate surface area is 101 Å². The van der Waals surface area contributed by atoms with Crippen LogP contribution in [0.15, 0.2) is 36.4 Å². The average Bonchev–Trinajstić information content (AvgIpc) is 2.39. The first-order valence-corrected chi connectivity index (χ1v) is 5.45. The van der Waals surface area contributed by atoms with Gasteiger partial charge in [0.05, 0.1) is 12.3 Å². The van der Waals surface area contributed by atoms with Crippen LogP contribution < -0.4 is 4.90 Å². The molecule has 88 valence electrons. The van der Waals surface area contributed by atoms with Crippen LogP contribution in [0.5, 0.6) is 0 Å². The van der Waals surface area contributed by atoms with E-state index in [0.29, 0.717) is 5.69 Å². The zero-order valence-corrected chi connectivity index (χ0v) is 9.96. The lowest BCUT2D eigenvalue weighted by Crippen LogP contribution is -2.13. The van der Waals surface area contributed by atoms with Gasteiger partial charge in [-0.1, -0.05) is 18.2 Å². The summed E-state index contributed by atoms with van der Waals surface area (Å²) in [4.78, 5) is 1.98. The SMILES string of the molecule is Cc1ccccc1N(C)c1ccc(CO)nn1. The third kappa shape index (κ3) is 2.42. The van der Waals surface area contributed by atoms with Gasteiger partial charge in [-0.2, -0.15) is 5.10 Å². The van der Waals surface area contributed by atoms with Crippen molar-refractivity contribution in [2.75, 3.05) is 11.9 Å². The van der Waals surface area contributed by atoms with E-state index in [9.17, 15) is 0 Å². The fraction of sp³-hybridized carbons (Fsp3) is 0.231. The fourth-order valence-corrected chi connectivity index (χ4v) is 1.68. The predicted molar refractivity (Wildman–Crippen MR) is 67.2 cm³/mol. The first kappa shape index (κ1) is 11.5. The molecule has 0 radical (unpaired) electrons. The summed E-state index contributed by atoms with van der Waals surface area (Å²) < 4.78 is 0. The van der Waals surface area contributed by atoms with Crippen molar-refractivity contribution in [3.8, 4) is 0 Å². The molecule has 0 spiro atoms. The smallest absolute Gasteiger partial charge is 0.155 e. The van der Waals surface area contributed by atoms with Gasteiger partial charge >= 0.3 is 0 Å². The van der Waals surface area contributed by atoms with Gasteiger partial charge in [-0.15, -0.1) is 5.10 Å². The van der Waals surface area contributed by atoms with Crippen LogP contribution in [0.4, 0.5) is 11.5 Å². The van der Waals surface area contributed by atoms with Crippen molar-refractivity contribution in [1.29, 1.82) is 0 Å². The largest absolute Gasteiger partial charge is 0.390 e. The number of nitrogens with zero attached hydrogens (tertiary/aromatic N) is 3. The van der Waals surface area contributed by atoms with Gasteiger partial charge in [-0.25, -0.2) is 0 Å². The second-order valence-electron chi connectivity index (χ2n) is 3.89. The highest BCUT2D eigenvalue weighted by Crippen LogP contribution is 2.24. The van der Waals surface area contributed by atoms with E-state index < -0.39 is 0 Å². The van der Waals surface area contributed by atoms with Crippen LogP contribution in [0.2, 0.25) is 0 Å². The summed E-state index contributed by atoms with van der Waals surface area (Å²) in [6, 6.07) is 11.7. The molecule has 0 atom stereocenters. The Morgan fingerprint density at radius 1 is 1.12 bits per heavy atom. The van der Waals surface area contributed by atoms with Crippen LogP contribution in [0.25, 0.3) is 0 Å². The lowest BCUT2D eigenvalue weighted by Gasteiger charge is -2.19. The van der Waals surface area contributed by atoms with Crippen LogP contribution in [0.3, 0.4) is 0 Å². The van der Waals surface area contributed by atoms with Crippen LogP contribution >= 0.6 is 0 Å². The Kier molecular flexibility index (Phi) is 3.35. The van der Waals surface area contributed by atoms with Crippen molar-refractivity contribution >= 4 is 11.5 Å². The molecule has 17 heavy (non-hydrogen) atoms. The van der Waals surface area contributed by atoms with Crippen molar-refractivity contribution < 1.29 is 5.11 Å². The molecule has 0 saturated carbocycles. The number of rotatable bonds is 3. The second-order valence-corrected chi connectivity index (χ2v) is 3.89. The van der Waals surface area contributed by atoms with Gasteiger partial charge in [0.25, 0.3) is 0 Å². The van der Waals surface area contributed by atoms with Crippen LogP contribution in [-0.2, 0) is 6.61 Å². The number of benzene rings is 1. The number of hydrogen-bond acceptors (Lipinski definition) is 4. The summed E-state index contributed by atoms with van der Waals surface area (Å²) in [6.45, 7) is 1.97. The molecule has 0 fully saturated rings. The molecular weight excluding hydrogens is 214 g/mol. The summed E-state index contributed by atoms with van der Waals surface area (Å²) >= 11 is 0. The van der Waals surface area contributed by atoms with E-state index in [2.05, 4.69) is 23.2 Å². The van der Waals surface area contributed by atoms with E-state index in [0.717, 1.165) is 11.5 Å². The number of aliphatic hydroxyl groups excluding tert-OH is 1. The molecule has 4 nitrogen and oxygen atoms in total. The van der Waals surface area contributed by atoms with Gasteiger partial charge in [0.15, 0.2) is 5.82 Å². The molecule has 0 saturated heterocycles. The summed E-state index contributed by atoms with van der Waals surface area (Å²) in [5.74, 6) is 0.761. The zero-order valence-electron chi connectivity index (χ0n) is 9.96. The van der Waals surface area contributed by atoms with Gasteiger partial charge in [0, 0.05) is 12.7 Å². The maximum absolute atomic E-state index is 8.91. The summed E-state index contributed by atoms with van der Waals surface area (Å²) in [7, 11) is 1.95. The van der Waals surface area contributed by atoms with Gasteiger partial charge in [-0.3, -0.25) is 0 Å². The minimum absolute atomic E-state index is 0.0820. The monoisotopic (exact) mass is 229 g/mol. The van der Waals surface area contributed by atoms with E-state index in [1.807, 2.05) is 36.2 Å². The van der Waals surface area contributed by atoms with Gasteiger partial charge in [0.2, 0.25) is 0 Å². The van der Waals surface area contributed by atoms with Gasteiger partial charge in [0.1, 0.15) is 0 Å². The fourth-order valence-electron chi connectivity index (χ4n) is 1.68. The molecule has 1 N–H and O–H groups in total. The van der Waals surface area contributed by atoms with E-state index in [1.54, 1.807) is 6.07 Å².